The molecule has 70 valence electrons. The maximum Gasteiger partial charge on any atom is 0.222 e. The number of rotatable bonds is 3. The summed E-state index contributed by atoms with van der Waals surface area (Å²) in [7, 11) is 0. The van der Waals surface area contributed by atoms with E-state index in [-0.39, 0.29) is 0 Å². The maximum atomic E-state index is 4.14. The Morgan fingerprint density at radius 3 is 2.62 bits per heavy atom. The lowest BCUT2D eigenvalue weighted by Gasteiger charge is -2.08. The second-order valence-electron chi connectivity index (χ2n) is 3.89. The molecular weight excluding hydrogens is 230 g/mol. The minimum absolute atomic E-state index is 0.496. The number of hydrogen-bond donors (Lipinski definition) is 1. The van der Waals surface area contributed by atoms with Crippen LogP contribution in [0.3, 0.4) is 0 Å². The highest BCUT2D eigenvalue weighted by Crippen LogP contribution is 2.44. The van der Waals surface area contributed by atoms with Crippen LogP contribution in [0.1, 0.15) is 19.8 Å². The van der Waals surface area contributed by atoms with E-state index in [0.717, 1.165) is 17.0 Å². The van der Waals surface area contributed by atoms with Crippen LogP contribution in [0.2, 0.25) is 0 Å². The van der Waals surface area contributed by atoms with Gasteiger partial charge in [-0.15, -0.1) is 0 Å². The second-order valence-corrected chi connectivity index (χ2v) is 4.80. The highest BCUT2D eigenvalue weighted by atomic mass is 79.9. The lowest BCUT2D eigenvalue weighted by atomic mass is 10.1. The van der Waals surface area contributed by atoms with Gasteiger partial charge in [0.25, 0.3) is 0 Å². The standard InChI is InChI=1S/C9H12BrN3/c1-9(2-3-9)6-13-8-11-4-7(10)5-12-8/h4-5H,2-3,6H2,1H3,(H,11,12,13). The van der Waals surface area contributed by atoms with Crippen molar-refractivity contribution in [2.24, 2.45) is 5.41 Å². The van der Waals surface area contributed by atoms with Gasteiger partial charge in [-0.25, -0.2) is 9.97 Å². The van der Waals surface area contributed by atoms with Gasteiger partial charge in [0.1, 0.15) is 0 Å². The molecule has 0 aliphatic heterocycles. The molecular formula is C9H12BrN3. The van der Waals surface area contributed by atoms with Gasteiger partial charge < -0.3 is 5.32 Å². The van der Waals surface area contributed by atoms with Gasteiger partial charge in [-0.3, -0.25) is 0 Å². The van der Waals surface area contributed by atoms with Crippen molar-refractivity contribution in [1.82, 2.24) is 9.97 Å². The number of anilines is 1. The monoisotopic (exact) mass is 241 g/mol. The fourth-order valence-electron chi connectivity index (χ4n) is 1.09. The first-order valence-electron chi connectivity index (χ1n) is 4.39. The molecule has 1 heterocycles. The predicted molar refractivity (Wildman–Crippen MR) is 55.6 cm³/mol. The number of halogens is 1. The van der Waals surface area contributed by atoms with Crippen molar-refractivity contribution >= 4 is 21.9 Å². The summed E-state index contributed by atoms with van der Waals surface area (Å²) in [5.41, 5.74) is 0.496. The number of aromatic nitrogens is 2. The molecule has 1 aliphatic rings. The number of nitrogens with zero attached hydrogens (tertiary/aromatic N) is 2. The van der Waals surface area contributed by atoms with Gasteiger partial charge in [-0.1, -0.05) is 6.92 Å². The van der Waals surface area contributed by atoms with E-state index < -0.39 is 0 Å². The molecule has 3 nitrogen and oxygen atoms in total. The van der Waals surface area contributed by atoms with Crippen LogP contribution < -0.4 is 5.32 Å². The molecule has 0 radical (unpaired) electrons. The summed E-state index contributed by atoms with van der Waals surface area (Å²) in [4.78, 5) is 8.28. The van der Waals surface area contributed by atoms with Gasteiger partial charge in [0, 0.05) is 18.9 Å². The quantitative estimate of drug-likeness (QED) is 0.884. The maximum absolute atomic E-state index is 4.14. The molecule has 4 heteroatoms. The molecule has 0 unspecified atom stereocenters. The zero-order valence-electron chi connectivity index (χ0n) is 7.55. The highest BCUT2D eigenvalue weighted by Gasteiger charge is 2.36. The molecule has 1 aliphatic carbocycles. The molecule has 0 atom stereocenters. The van der Waals surface area contributed by atoms with Crippen LogP contribution in [-0.2, 0) is 0 Å². The average Bonchev–Trinajstić information content (AvgIpc) is 2.84. The zero-order chi connectivity index (χ0) is 9.31. The topological polar surface area (TPSA) is 37.8 Å². The summed E-state index contributed by atoms with van der Waals surface area (Å²) in [5.74, 6) is 0.719. The Kier molecular flexibility index (Phi) is 2.24. The van der Waals surface area contributed by atoms with Crippen molar-refractivity contribution in [2.45, 2.75) is 19.8 Å². The molecule has 1 aromatic rings. The first kappa shape index (κ1) is 8.94. The first-order valence-corrected chi connectivity index (χ1v) is 5.19. The lowest BCUT2D eigenvalue weighted by molar-refractivity contribution is 0.607. The van der Waals surface area contributed by atoms with E-state index in [9.17, 15) is 0 Å². The van der Waals surface area contributed by atoms with Crippen LogP contribution in [-0.4, -0.2) is 16.5 Å². The van der Waals surface area contributed by atoms with Crippen molar-refractivity contribution in [3.63, 3.8) is 0 Å². The van der Waals surface area contributed by atoms with E-state index >= 15 is 0 Å². The Balaban J connectivity index is 1.91. The van der Waals surface area contributed by atoms with Crippen LogP contribution in [0.15, 0.2) is 16.9 Å². The Bertz CT molecular complexity index is 292. The first-order chi connectivity index (χ1) is 6.18. The third-order valence-corrected chi connectivity index (χ3v) is 2.81. The predicted octanol–water partition coefficient (Wildman–Crippen LogP) is 2.45. The van der Waals surface area contributed by atoms with Crippen molar-refractivity contribution in [2.75, 3.05) is 11.9 Å². The largest absolute Gasteiger partial charge is 0.354 e. The highest BCUT2D eigenvalue weighted by molar-refractivity contribution is 9.10. The van der Waals surface area contributed by atoms with Gasteiger partial charge >= 0.3 is 0 Å². The Morgan fingerprint density at radius 1 is 1.46 bits per heavy atom. The third-order valence-electron chi connectivity index (χ3n) is 2.40. The molecule has 0 bridgehead atoms. The summed E-state index contributed by atoms with van der Waals surface area (Å²) in [6.07, 6.45) is 6.14. The smallest absolute Gasteiger partial charge is 0.222 e. The minimum atomic E-state index is 0.496. The number of nitrogens with one attached hydrogen (secondary N) is 1. The molecule has 0 saturated heterocycles. The molecule has 0 spiro atoms. The Morgan fingerprint density at radius 2 is 2.08 bits per heavy atom. The van der Waals surface area contributed by atoms with Crippen molar-refractivity contribution in [3.05, 3.63) is 16.9 Å². The second kappa shape index (κ2) is 3.25. The fraction of sp³-hybridized carbons (Fsp3) is 0.556. The summed E-state index contributed by atoms with van der Waals surface area (Å²) in [6.45, 7) is 3.26. The summed E-state index contributed by atoms with van der Waals surface area (Å²) in [6, 6.07) is 0. The van der Waals surface area contributed by atoms with E-state index in [1.165, 1.54) is 12.8 Å². The summed E-state index contributed by atoms with van der Waals surface area (Å²) >= 11 is 3.30. The van der Waals surface area contributed by atoms with Gasteiger partial charge in [0.2, 0.25) is 5.95 Å². The summed E-state index contributed by atoms with van der Waals surface area (Å²) in [5, 5.41) is 3.23. The molecule has 13 heavy (non-hydrogen) atoms. The van der Waals surface area contributed by atoms with Crippen molar-refractivity contribution in [1.29, 1.82) is 0 Å². The zero-order valence-corrected chi connectivity index (χ0v) is 9.13. The van der Waals surface area contributed by atoms with Crippen LogP contribution in [0, 0.1) is 5.41 Å². The fourth-order valence-corrected chi connectivity index (χ4v) is 1.29. The van der Waals surface area contributed by atoms with Crippen molar-refractivity contribution in [3.8, 4) is 0 Å². The van der Waals surface area contributed by atoms with Crippen LogP contribution >= 0.6 is 15.9 Å². The van der Waals surface area contributed by atoms with Crippen molar-refractivity contribution < 1.29 is 0 Å². The molecule has 1 saturated carbocycles. The van der Waals surface area contributed by atoms with E-state index in [2.05, 4.69) is 38.1 Å². The van der Waals surface area contributed by atoms with Crippen LogP contribution in [0.25, 0.3) is 0 Å². The molecule has 0 amide bonds. The lowest BCUT2D eigenvalue weighted by Crippen LogP contribution is -2.13. The van der Waals surface area contributed by atoms with Gasteiger partial charge in [-0.2, -0.15) is 0 Å². The van der Waals surface area contributed by atoms with E-state index in [1.807, 2.05) is 0 Å². The third kappa shape index (κ3) is 2.40. The van der Waals surface area contributed by atoms with Gasteiger partial charge in [0.15, 0.2) is 0 Å². The summed E-state index contributed by atoms with van der Waals surface area (Å²) < 4.78 is 0.913. The van der Waals surface area contributed by atoms with E-state index in [0.29, 0.717) is 5.41 Å². The molecule has 0 aromatic carbocycles. The van der Waals surface area contributed by atoms with Gasteiger partial charge in [-0.05, 0) is 34.2 Å². The molecule has 1 aromatic heterocycles. The Hall–Kier alpha value is -0.640. The average molecular weight is 242 g/mol. The molecule has 1 N–H and O–H groups in total. The van der Waals surface area contributed by atoms with Gasteiger partial charge in [0.05, 0.1) is 4.47 Å². The van der Waals surface area contributed by atoms with E-state index in [1.54, 1.807) is 12.4 Å². The van der Waals surface area contributed by atoms with E-state index in [4.69, 9.17) is 0 Å². The molecule has 1 fully saturated rings. The van der Waals surface area contributed by atoms with Crippen LogP contribution in [0.5, 0.6) is 0 Å². The minimum Gasteiger partial charge on any atom is -0.354 e. The molecule has 2 rings (SSSR count). The normalized spacial score (nSPS) is 18.3. The SMILES string of the molecule is CC1(CNc2ncc(Br)cn2)CC1. The number of hydrogen-bond acceptors (Lipinski definition) is 3. The Labute approximate surface area is 86.1 Å². The van der Waals surface area contributed by atoms with Crippen LogP contribution in [0.4, 0.5) is 5.95 Å².